The average molecular weight is 312 g/mol. The number of nitrogens with two attached hydrogens (primary N) is 1. The highest BCUT2D eigenvalue weighted by Crippen LogP contribution is 2.21. The molecule has 0 spiro atoms. The second kappa shape index (κ2) is 6.36. The maximum absolute atomic E-state index is 12.1. The molecule has 0 aliphatic carbocycles. The first kappa shape index (κ1) is 15.0. The zero-order valence-electron chi connectivity index (χ0n) is 11.0. The van der Waals surface area contributed by atoms with Gasteiger partial charge < -0.3 is 10.5 Å². The van der Waals surface area contributed by atoms with Crippen LogP contribution in [0.3, 0.4) is 0 Å². The number of benzene rings is 1. The van der Waals surface area contributed by atoms with Gasteiger partial charge in [-0.05, 0) is 29.8 Å². The van der Waals surface area contributed by atoms with Gasteiger partial charge in [-0.2, -0.15) is 0 Å². The third kappa shape index (κ3) is 3.57. The molecule has 0 fully saturated rings. The van der Waals surface area contributed by atoms with Gasteiger partial charge in [-0.25, -0.2) is 13.1 Å². The van der Waals surface area contributed by atoms with E-state index in [-0.39, 0.29) is 10.8 Å². The number of rotatable bonds is 6. The van der Waals surface area contributed by atoms with Crippen LogP contribution in [0.5, 0.6) is 5.75 Å². The van der Waals surface area contributed by atoms with Crippen molar-refractivity contribution in [1.82, 2.24) is 4.72 Å². The molecule has 2 aromatic rings. The molecule has 1 aromatic heterocycles. The highest BCUT2D eigenvalue weighted by Gasteiger charge is 2.16. The number of hydrogen-bond acceptors (Lipinski definition) is 5. The minimum Gasteiger partial charge on any atom is -0.497 e. The van der Waals surface area contributed by atoms with Crippen LogP contribution in [-0.2, 0) is 23.1 Å². The summed E-state index contributed by atoms with van der Waals surface area (Å²) in [7, 11) is -1.89. The molecule has 0 atom stereocenters. The smallest absolute Gasteiger partial charge is 0.250 e. The van der Waals surface area contributed by atoms with Gasteiger partial charge in [0.25, 0.3) is 0 Å². The second-order valence-electron chi connectivity index (χ2n) is 4.10. The Bertz CT molecular complexity index is 663. The molecule has 5 nitrogen and oxygen atoms in total. The van der Waals surface area contributed by atoms with E-state index in [2.05, 4.69) is 4.72 Å². The Hall–Kier alpha value is -1.41. The SMILES string of the molecule is COc1ccc(CNS(=O)(=O)c2ccc(CN)s2)cc1. The van der Waals surface area contributed by atoms with Crippen LogP contribution in [0.25, 0.3) is 0 Å². The molecule has 1 aromatic carbocycles. The van der Waals surface area contributed by atoms with Crippen molar-refractivity contribution in [2.45, 2.75) is 17.3 Å². The van der Waals surface area contributed by atoms with Crippen molar-refractivity contribution in [3.8, 4) is 5.75 Å². The minimum atomic E-state index is -3.48. The van der Waals surface area contributed by atoms with Crippen LogP contribution >= 0.6 is 11.3 Å². The second-order valence-corrected chi connectivity index (χ2v) is 7.26. The summed E-state index contributed by atoms with van der Waals surface area (Å²) in [5.41, 5.74) is 6.35. The number of nitrogens with one attached hydrogen (secondary N) is 1. The van der Waals surface area contributed by atoms with Crippen molar-refractivity contribution < 1.29 is 13.2 Å². The molecule has 2 rings (SSSR count). The number of ether oxygens (including phenoxy) is 1. The topological polar surface area (TPSA) is 81.4 Å². The molecule has 3 N–H and O–H groups in total. The van der Waals surface area contributed by atoms with E-state index in [1.165, 1.54) is 11.3 Å². The summed E-state index contributed by atoms with van der Waals surface area (Å²) in [5.74, 6) is 0.738. The van der Waals surface area contributed by atoms with E-state index in [1.54, 1.807) is 31.4 Å². The normalized spacial score (nSPS) is 11.5. The number of thiophene rings is 1. The van der Waals surface area contributed by atoms with Crippen molar-refractivity contribution in [2.24, 2.45) is 5.73 Å². The fourth-order valence-corrected chi connectivity index (χ4v) is 3.90. The average Bonchev–Trinajstić information content (AvgIpc) is 2.95. The Morgan fingerprint density at radius 3 is 2.45 bits per heavy atom. The van der Waals surface area contributed by atoms with Gasteiger partial charge in [0.1, 0.15) is 9.96 Å². The van der Waals surface area contributed by atoms with Crippen molar-refractivity contribution in [3.05, 3.63) is 46.8 Å². The van der Waals surface area contributed by atoms with Gasteiger partial charge in [0.2, 0.25) is 10.0 Å². The molecular weight excluding hydrogens is 296 g/mol. The zero-order chi connectivity index (χ0) is 14.6. The maximum atomic E-state index is 12.1. The summed E-state index contributed by atoms with van der Waals surface area (Å²) in [4.78, 5) is 0.842. The predicted octanol–water partition coefficient (Wildman–Crippen LogP) is 1.69. The van der Waals surface area contributed by atoms with Gasteiger partial charge in [0, 0.05) is 18.0 Å². The van der Waals surface area contributed by atoms with Crippen molar-refractivity contribution >= 4 is 21.4 Å². The minimum absolute atomic E-state index is 0.238. The Kier molecular flexibility index (Phi) is 4.77. The fourth-order valence-electron chi connectivity index (χ4n) is 1.61. The van der Waals surface area contributed by atoms with Crippen molar-refractivity contribution in [2.75, 3.05) is 7.11 Å². The molecule has 0 aliphatic rings. The summed E-state index contributed by atoms with van der Waals surface area (Å²) in [5, 5.41) is 0. The van der Waals surface area contributed by atoms with E-state index in [1.807, 2.05) is 12.1 Å². The Morgan fingerprint density at radius 1 is 1.20 bits per heavy atom. The monoisotopic (exact) mass is 312 g/mol. The summed E-state index contributed by atoms with van der Waals surface area (Å²) in [6, 6.07) is 10.5. The Labute approximate surface area is 122 Å². The van der Waals surface area contributed by atoms with Crippen LogP contribution in [0.2, 0.25) is 0 Å². The lowest BCUT2D eigenvalue weighted by Crippen LogP contribution is -2.22. The Balaban J connectivity index is 2.04. The lowest BCUT2D eigenvalue weighted by molar-refractivity contribution is 0.414. The molecule has 0 bridgehead atoms. The fraction of sp³-hybridized carbons (Fsp3) is 0.231. The first-order valence-electron chi connectivity index (χ1n) is 5.96. The molecule has 1 heterocycles. The summed E-state index contributed by atoms with van der Waals surface area (Å²) < 4.78 is 32.1. The molecule has 108 valence electrons. The zero-order valence-corrected chi connectivity index (χ0v) is 12.6. The van der Waals surface area contributed by atoms with Gasteiger partial charge in [-0.15, -0.1) is 11.3 Å². The number of methoxy groups -OCH3 is 1. The first-order chi connectivity index (χ1) is 9.55. The maximum Gasteiger partial charge on any atom is 0.250 e. The molecule has 0 saturated heterocycles. The highest BCUT2D eigenvalue weighted by atomic mass is 32.2. The largest absolute Gasteiger partial charge is 0.497 e. The summed E-state index contributed by atoms with van der Waals surface area (Å²) >= 11 is 1.19. The highest BCUT2D eigenvalue weighted by molar-refractivity contribution is 7.91. The van der Waals surface area contributed by atoms with Crippen molar-refractivity contribution in [1.29, 1.82) is 0 Å². The lowest BCUT2D eigenvalue weighted by Gasteiger charge is -2.06. The van der Waals surface area contributed by atoms with Gasteiger partial charge in [-0.1, -0.05) is 12.1 Å². The van der Waals surface area contributed by atoms with E-state index >= 15 is 0 Å². The molecule has 0 aliphatic heterocycles. The molecular formula is C13H16N2O3S2. The van der Waals surface area contributed by atoms with Crippen LogP contribution < -0.4 is 15.2 Å². The van der Waals surface area contributed by atoms with Gasteiger partial charge >= 0.3 is 0 Å². The van der Waals surface area contributed by atoms with E-state index in [4.69, 9.17) is 10.5 Å². The third-order valence-corrected chi connectivity index (χ3v) is 5.73. The van der Waals surface area contributed by atoms with E-state index in [0.717, 1.165) is 16.2 Å². The van der Waals surface area contributed by atoms with Crippen LogP contribution in [0.4, 0.5) is 0 Å². The molecule has 20 heavy (non-hydrogen) atoms. The van der Waals surface area contributed by atoms with Crippen molar-refractivity contribution in [3.63, 3.8) is 0 Å². The van der Waals surface area contributed by atoms with Crippen LogP contribution in [0, 0.1) is 0 Å². The van der Waals surface area contributed by atoms with E-state index in [9.17, 15) is 8.42 Å². The molecule has 7 heteroatoms. The summed E-state index contributed by atoms with van der Waals surface area (Å²) in [6.07, 6.45) is 0. The third-order valence-electron chi connectivity index (χ3n) is 2.73. The van der Waals surface area contributed by atoms with E-state index < -0.39 is 10.0 Å². The number of sulfonamides is 1. The molecule has 0 amide bonds. The molecule has 0 saturated carbocycles. The molecule has 0 radical (unpaired) electrons. The van der Waals surface area contributed by atoms with Crippen LogP contribution in [0.15, 0.2) is 40.6 Å². The first-order valence-corrected chi connectivity index (χ1v) is 8.26. The van der Waals surface area contributed by atoms with Crippen LogP contribution in [-0.4, -0.2) is 15.5 Å². The predicted molar refractivity (Wildman–Crippen MR) is 79.2 cm³/mol. The quantitative estimate of drug-likeness (QED) is 0.850. The molecule has 0 unspecified atom stereocenters. The van der Waals surface area contributed by atoms with Gasteiger partial charge in [-0.3, -0.25) is 0 Å². The van der Waals surface area contributed by atoms with Gasteiger partial charge in [0.15, 0.2) is 0 Å². The lowest BCUT2D eigenvalue weighted by atomic mass is 10.2. The Morgan fingerprint density at radius 2 is 1.90 bits per heavy atom. The van der Waals surface area contributed by atoms with E-state index in [0.29, 0.717) is 6.54 Å². The summed E-state index contributed by atoms with van der Waals surface area (Å²) in [6.45, 7) is 0.584. The van der Waals surface area contributed by atoms with Gasteiger partial charge in [0.05, 0.1) is 7.11 Å². The number of hydrogen-bond donors (Lipinski definition) is 2. The standard InChI is InChI=1S/C13H16N2O3S2/c1-18-11-4-2-10(3-5-11)9-15-20(16,17)13-7-6-12(8-14)19-13/h2-7,15H,8-9,14H2,1H3. The van der Waals surface area contributed by atoms with Crippen LogP contribution in [0.1, 0.15) is 10.4 Å².